The topological polar surface area (TPSA) is 32.3 Å². The van der Waals surface area contributed by atoms with Gasteiger partial charge >= 0.3 is 0 Å². The fraction of sp³-hybridized carbons (Fsp3) is 0.421. The Labute approximate surface area is 151 Å². The predicted molar refractivity (Wildman–Crippen MR) is 99.9 cm³/mol. The quantitative estimate of drug-likeness (QED) is 0.892. The number of carbonyl (C=O) groups excluding carboxylic acids is 1. The van der Waals surface area contributed by atoms with Crippen LogP contribution in [0.3, 0.4) is 0 Å². The van der Waals surface area contributed by atoms with E-state index in [0.29, 0.717) is 6.04 Å². The van der Waals surface area contributed by atoms with Gasteiger partial charge in [-0.05, 0) is 74.0 Å². The molecule has 2 aromatic rings. The molecule has 1 aromatic carbocycles. The average molecular weight is 359 g/mol. The highest BCUT2D eigenvalue weighted by Gasteiger charge is 2.29. The van der Waals surface area contributed by atoms with Crippen LogP contribution in [0.4, 0.5) is 0 Å². The molecule has 24 heavy (non-hydrogen) atoms. The van der Waals surface area contributed by atoms with Crippen LogP contribution in [0.15, 0.2) is 50.9 Å². The zero-order valence-corrected chi connectivity index (χ0v) is 15.2. The summed E-state index contributed by atoms with van der Waals surface area (Å²) in [6.07, 6.45) is 3.72. The van der Waals surface area contributed by atoms with Crippen molar-refractivity contribution in [3.63, 3.8) is 0 Å². The lowest BCUT2D eigenvalue weighted by Gasteiger charge is -2.26. The van der Waals surface area contributed by atoms with Crippen LogP contribution >= 0.6 is 23.1 Å². The maximum Gasteiger partial charge on any atom is 0.251 e. The van der Waals surface area contributed by atoms with Crippen LogP contribution in [0.25, 0.3) is 0 Å². The Bertz CT molecular complexity index is 662. The molecule has 3 nitrogen and oxygen atoms in total. The van der Waals surface area contributed by atoms with Crippen molar-refractivity contribution < 1.29 is 4.79 Å². The molecule has 3 aliphatic rings. The van der Waals surface area contributed by atoms with E-state index in [2.05, 4.69) is 27.7 Å². The molecule has 0 radical (unpaired) electrons. The average Bonchev–Trinajstić information content (AvgIpc) is 2.94. The lowest BCUT2D eigenvalue weighted by molar-refractivity contribution is 0.0929. The van der Waals surface area contributed by atoms with Crippen LogP contribution in [-0.4, -0.2) is 36.5 Å². The summed E-state index contributed by atoms with van der Waals surface area (Å²) in [7, 11) is 0. The molecule has 1 unspecified atom stereocenters. The Morgan fingerprint density at radius 3 is 2.67 bits per heavy atom. The molecular formula is C19H22N2OS2. The summed E-state index contributed by atoms with van der Waals surface area (Å²) in [5.74, 6) is 0.855. The lowest BCUT2D eigenvalue weighted by Crippen LogP contribution is -2.41. The maximum atomic E-state index is 12.6. The van der Waals surface area contributed by atoms with Gasteiger partial charge in [0.1, 0.15) is 0 Å². The Balaban J connectivity index is 1.37. The smallest absolute Gasteiger partial charge is 0.251 e. The zero-order valence-electron chi connectivity index (χ0n) is 13.6. The van der Waals surface area contributed by atoms with Crippen LogP contribution in [0.1, 0.15) is 29.6 Å². The zero-order chi connectivity index (χ0) is 16.4. The van der Waals surface area contributed by atoms with Gasteiger partial charge in [-0.15, -0.1) is 11.3 Å². The number of benzene rings is 1. The minimum Gasteiger partial charge on any atom is -0.348 e. The SMILES string of the molecule is O=C(NC1CC2CCN(CC2)C1)c1ccc(Sc2cccs2)cc1. The molecule has 0 spiro atoms. The number of carbonyl (C=O) groups is 1. The number of fused-ring (bicyclic) bond motifs is 4. The number of nitrogens with zero attached hydrogens (tertiary/aromatic N) is 1. The standard InChI is InChI=1S/C19H22N2OS2/c22-19(20-16-12-14-7-9-21(13-16)10-8-14)15-3-5-17(6-4-15)24-18-2-1-11-23-18/h1-6,11,14,16H,7-10,12-13H2,(H,20,22). The molecule has 2 bridgehead atoms. The van der Waals surface area contributed by atoms with Crippen LogP contribution < -0.4 is 5.32 Å². The van der Waals surface area contributed by atoms with Crippen LogP contribution in [-0.2, 0) is 0 Å². The molecule has 0 saturated carbocycles. The largest absolute Gasteiger partial charge is 0.348 e. The molecule has 1 aromatic heterocycles. The fourth-order valence-electron chi connectivity index (χ4n) is 3.68. The summed E-state index contributed by atoms with van der Waals surface area (Å²) in [5.41, 5.74) is 0.761. The van der Waals surface area contributed by atoms with Gasteiger partial charge < -0.3 is 10.2 Å². The monoisotopic (exact) mass is 358 g/mol. The summed E-state index contributed by atoms with van der Waals surface area (Å²) in [6, 6.07) is 12.4. The van der Waals surface area contributed by atoms with Gasteiger partial charge in [0.15, 0.2) is 0 Å². The van der Waals surface area contributed by atoms with Gasteiger partial charge in [-0.3, -0.25) is 4.79 Å². The summed E-state index contributed by atoms with van der Waals surface area (Å²) >= 11 is 3.48. The Morgan fingerprint density at radius 1 is 1.17 bits per heavy atom. The second-order valence-electron chi connectivity index (χ2n) is 6.71. The van der Waals surface area contributed by atoms with Gasteiger partial charge in [-0.1, -0.05) is 17.8 Å². The molecular weight excluding hydrogens is 336 g/mol. The van der Waals surface area contributed by atoms with E-state index >= 15 is 0 Å². The molecule has 1 N–H and O–H groups in total. The van der Waals surface area contributed by atoms with Crippen molar-refractivity contribution in [3.05, 3.63) is 47.3 Å². The fourth-order valence-corrected chi connectivity index (χ4v) is 5.43. The molecule has 1 amide bonds. The number of amides is 1. The van der Waals surface area contributed by atoms with Gasteiger partial charge in [0.2, 0.25) is 0 Å². The molecule has 5 heteroatoms. The third kappa shape index (κ3) is 3.85. The second kappa shape index (κ2) is 7.30. The molecule has 3 saturated heterocycles. The summed E-state index contributed by atoms with van der Waals surface area (Å²) in [5, 5.41) is 5.34. The highest BCUT2D eigenvalue weighted by molar-refractivity contribution is 8.01. The van der Waals surface area contributed by atoms with E-state index in [1.54, 1.807) is 23.1 Å². The van der Waals surface area contributed by atoms with Crippen LogP contribution in [0, 0.1) is 5.92 Å². The Kier molecular flexibility index (Phi) is 4.92. The van der Waals surface area contributed by atoms with Crippen molar-refractivity contribution in [2.45, 2.75) is 34.4 Å². The van der Waals surface area contributed by atoms with Gasteiger partial charge in [-0.25, -0.2) is 0 Å². The summed E-state index contributed by atoms with van der Waals surface area (Å²) in [6.45, 7) is 3.41. The molecule has 4 heterocycles. The highest BCUT2D eigenvalue weighted by atomic mass is 32.2. The van der Waals surface area contributed by atoms with Crippen molar-refractivity contribution in [2.24, 2.45) is 5.92 Å². The highest BCUT2D eigenvalue weighted by Crippen LogP contribution is 2.31. The van der Waals surface area contributed by atoms with Gasteiger partial charge in [0.05, 0.1) is 4.21 Å². The van der Waals surface area contributed by atoms with Crippen LogP contribution in [0.2, 0.25) is 0 Å². The number of thiophene rings is 1. The predicted octanol–water partition coefficient (Wildman–Crippen LogP) is 4.11. The Hall–Kier alpha value is -1.30. The van der Waals surface area contributed by atoms with E-state index in [-0.39, 0.29) is 5.91 Å². The summed E-state index contributed by atoms with van der Waals surface area (Å²) in [4.78, 5) is 16.2. The van der Waals surface area contributed by atoms with E-state index in [4.69, 9.17) is 0 Å². The van der Waals surface area contributed by atoms with Crippen molar-refractivity contribution in [1.82, 2.24) is 10.2 Å². The third-order valence-electron chi connectivity index (χ3n) is 4.97. The van der Waals surface area contributed by atoms with Crippen molar-refractivity contribution in [3.8, 4) is 0 Å². The van der Waals surface area contributed by atoms with E-state index < -0.39 is 0 Å². The first-order valence-electron chi connectivity index (χ1n) is 8.61. The van der Waals surface area contributed by atoms with Crippen LogP contribution in [0.5, 0.6) is 0 Å². The van der Waals surface area contributed by atoms with E-state index in [0.717, 1.165) is 24.4 Å². The first-order chi connectivity index (χ1) is 11.8. The van der Waals surface area contributed by atoms with Gasteiger partial charge in [0, 0.05) is 23.0 Å². The second-order valence-corrected chi connectivity index (χ2v) is 9.03. The number of piperidine rings is 1. The number of rotatable bonds is 4. The van der Waals surface area contributed by atoms with Gasteiger partial charge in [0.25, 0.3) is 5.91 Å². The number of hydrogen-bond donors (Lipinski definition) is 1. The van der Waals surface area contributed by atoms with Crippen molar-refractivity contribution in [2.75, 3.05) is 19.6 Å². The first-order valence-corrected chi connectivity index (χ1v) is 10.3. The van der Waals surface area contributed by atoms with E-state index in [9.17, 15) is 4.79 Å². The van der Waals surface area contributed by atoms with E-state index in [1.807, 2.05) is 24.3 Å². The van der Waals surface area contributed by atoms with Crippen molar-refractivity contribution in [1.29, 1.82) is 0 Å². The van der Waals surface area contributed by atoms with E-state index in [1.165, 1.54) is 35.0 Å². The number of nitrogens with one attached hydrogen (secondary N) is 1. The lowest BCUT2D eigenvalue weighted by atomic mass is 9.94. The maximum absolute atomic E-state index is 12.6. The summed E-state index contributed by atoms with van der Waals surface area (Å²) < 4.78 is 1.27. The minimum atomic E-state index is 0.0650. The number of hydrogen-bond acceptors (Lipinski definition) is 4. The molecule has 3 aliphatic heterocycles. The molecule has 126 valence electrons. The molecule has 0 aliphatic carbocycles. The normalized spacial score (nSPS) is 26.1. The minimum absolute atomic E-state index is 0.0650. The molecule has 3 fully saturated rings. The van der Waals surface area contributed by atoms with Crippen molar-refractivity contribution >= 4 is 29.0 Å². The first kappa shape index (κ1) is 16.2. The van der Waals surface area contributed by atoms with Gasteiger partial charge in [-0.2, -0.15) is 0 Å². The Morgan fingerprint density at radius 2 is 1.96 bits per heavy atom. The molecule has 1 atom stereocenters. The molecule has 5 rings (SSSR count). The third-order valence-corrected chi connectivity index (χ3v) is 7.01.